The number of hydrogen-bond donors (Lipinski definition) is 1. The smallest absolute Gasteiger partial charge is 0.272 e. The van der Waals surface area contributed by atoms with Crippen molar-refractivity contribution in [1.29, 1.82) is 0 Å². The summed E-state index contributed by atoms with van der Waals surface area (Å²) in [7, 11) is 1.65. The summed E-state index contributed by atoms with van der Waals surface area (Å²) in [5.41, 5.74) is 4.39. The third kappa shape index (κ3) is 4.19. The lowest BCUT2D eigenvalue weighted by Crippen LogP contribution is -2.36. The quantitative estimate of drug-likeness (QED) is 0.654. The van der Waals surface area contributed by atoms with Crippen LogP contribution in [-0.2, 0) is 6.42 Å². The van der Waals surface area contributed by atoms with Gasteiger partial charge in [-0.25, -0.2) is 4.98 Å². The molecular weight excluding hydrogens is 362 g/mol. The van der Waals surface area contributed by atoms with Gasteiger partial charge in [-0.15, -0.1) is 0 Å². The van der Waals surface area contributed by atoms with Gasteiger partial charge in [-0.1, -0.05) is 19.1 Å². The first-order valence-electron chi connectivity index (χ1n) is 10.3. The van der Waals surface area contributed by atoms with Crippen LogP contribution in [0.2, 0.25) is 0 Å². The van der Waals surface area contributed by atoms with Crippen LogP contribution in [0.3, 0.4) is 0 Å². The van der Waals surface area contributed by atoms with Crippen molar-refractivity contribution < 1.29 is 9.53 Å². The second kappa shape index (κ2) is 8.52. The van der Waals surface area contributed by atoms with Crippen LogP contribution in [0.1, 0.15) is 42.2 Å². The van der Waals surface area contributed by atoms with Crippen LogP contribution in [-0.4, -0.2) is 36.0 Å². The Kier molecular flexibility index (Phi) is 5.65. The van der Waals surface area contributed by atoms with Crippen LogP contribution in [0, 0.1) is 0 Å². The van der Waals surface area contributed by atoms with E-state index >= 15 is 0 Å². The number of pyridine rings is 1. The average molecular weight is 389 g/mol. The lowest BCUT2D eigenvalue weighted by Gasteiger charge is -2.26. The molecule has 0 atom stereocenters. The third-order valence-electron chi connectivity index (χ3n) is 5.52. The molecule has 3 aromatic rings. The van der Waals surface area contributed by atoms with E-state index in [2.05, 4.69) is 41.5 Å². The monoisotopic (exact) mass is 389 g/mol. The molecule has 1 saturated heterocycles. The molecule has 0 unspecified atom stereocenters. The van der Waals surface area contributed by atoms with Gasteiger partial charge in [-0.3, -0.25) is 4.79 Å². The molecule has 2 aromatic carbocycles. The molecule has 4 rings (SSSR count). The van der Waals surface area contributed by atoms with Crippen molar-refractivity contribution in [3.8, 4) is 5.75 Å². The standard InChI is InChI=1S/C24H27N3O2/c1-3-17-7-9-18(10-8-17)25-22-16-23(24(28)27-13-5-4-6-14-27)26-21-12-11-19(29-2)15-20(21)22/h7-12,15-16H,3-6,13-14H2,1-2H3,(H,25,26). The number of nitrogens with zero attached hydrogens (tertiary/aromatic N) is 2. The fourth-order valence-electron chi connectivity index (χ4n) is 3.78. The summed E-state index contributed by atoms with van der Waals surface area (Å²) in [5, 5.41) is 4.41. The van der Waals surface area contributed by atoms with Gasteiger partial charge in [-0.2, -0.15) is 0 Å². The van der Waals surface area contributed by atoms with Crippen molar-refractivity contribution in [3.63, 3.8) is 0 Å². The van der Waals surface area contributed by atoms with E-state index in [-0.39, 0.29) is 5.91 Å². The first-order valence-corrected chi connectivity index (χ1v) is 10.3. The Labute approximate surface area is 171 Å². The first-order chi connectivity index (χ1) is 14.2. The molecule has 0 radical (unpaired) electrons. The van der Waals surface area contributed by atoms with Gasteiger partial charge in [-0.05, 0) is 67.6 Å². The number of carbonyl (C=O) groups is 1. The van der Waals surface area contributed by atoms with Crippen molar-refractivity contribution >= 4 is 28.2 Å². The van der Waals surface area contributed by atoms with Crippen molar-refractivity contribution in [1.82, 2.24) is 9.88 Å². The normalized spacial score (nSPS) is 14.1. The second-order valence-electron chi connectivity index (χ2n) is 7.47. The minimum atomic E-state index is 0.00630. The number of ether oxygens (including phenoxy) is 1. The zero-order valence-electron chi connectivity index (χ0n) is 17.1. The summed E-state index contributed by atoms with van der Waals surface area (Å²) >= 11 is 0. The Morgan fingerprint density at radius 1 is 1.07 bits per heavy atom. The van der Waals surface area contributed by atoms with Gasteiger partial charge >= 0.3 is 0 Å². The molecule has 2 heterocycles. The highest BCUT2D eigenvalue weighted by Crippen LogP contribution is 2.30. The highest BCUT2D eigenvalue weighted by Gasteiger charge is 2.21. The number of nitrogens with one attached hydrogen (secondary N) is 1. The minimum Gasteiger partial charge on any atom is -0.497 e. The molecule has 1 N–H and O–H groups in total. The van der Waals surface area contributed by atoms with Gasteiger partial charge in [0.15, 0.2) is 0 Å². The number of likely N-dealkylation sites (tertiary alicyclic amines) is 1. The molecule has 0 bridgehead atoms. The number of carbonyl (C=O) groups excluding carboxylic acids is 1. The summed E-state index contributed by atoms with van der Waals surface area (Å²) < 4.78 is 5.40. The maximum atomic E-state index is 13.1. The Morgan fingerprint density at radius 2 is 1.83 bits per heavy atom. The molecule has 0 spiro atoms. The molecule has 29 heavy (non-hydrogen) atoms. The van der Waals surface area contributed by atoms with Crippen LogP contribution in [0.15, 0.2) is 48.5 Å². The number of aryl methyl sites for hydroxylation is 1. The van der Waals surface area contributed by atoms with E-state index in [0.717, 1.165) is 60.4 Å². The number of methoxy groups -OCH3 is 1. The Balaban J connectivity index is 1.74. The van der Waals surface area contributed by atoms with Gasteiger partial charge in [0.25, 0.3) is 5.91 Å². The largest absolute Gasteiger partial charge is 0.497 e. The summed E-state index contributed by atoms with van der Waals surface area (Å²) in [6.07, 6.45) is 4.32. The van der Waals surface area contributed by atoms with E-state index in [4.69, 9.17) is 4.74 Å². The van der Waals surface area contributed by atoms with E-state index < -0.39 is 0 Å². The van der Waals surface area contributed by atoms with Crippen LogP contribution < -0.4 is 10.1 Å². The van der Waals surface area contributed by atoms with E-state index in [1.54, 1.807) is 7.11 Å². The molecule has 150 valence electrons. The third-order valence-corrected chi connectivity index (χ3v) is 5.52. The van der Waals surface area contributed by atoms with E-state index in [1.165, 1.54) is 12.0 Å². The predicted molar refractivity (Wildman–Crippen MR) is 117 cm³/mol. The Hall–Kier alpha value is -3.08. The van der Waals surface area contributed by atoms with Crippen LogP contribution in [0.4, 0.5) is 11.4 Å². The van der Waals surface area contributed by atoms with Crippen molar-refractivity contribution in [3.05, 3.63) is 59.8 Å². The van der Waals surface area contributed by atoms with Crippen molar-refractivity contribution in [2.75, 3.05) is 25.5 Å². The zero-order chi connectivity index (χ0) is 20.2. The lowest BCUT2D eigenvalue weighted by molar-refractivity contribution is 0.0719. The average Bonchev–Trinajstić information content (AvgIpc) is 2.79. The van der Waals surface area contributed by atoms with Gasteiger partial charge in [0.1, 0.15) is 11.4 Å². The fourth-order valence-corrected chi connectivity index (χ4v) is 3.78. The fraction of sp³-hybridized carbons (Fsp3) is 0.333. The summed E-state index contributed by atoms with van der Waals surface area (Å²) in [4.78, 5) is 19.7. The Morgan fingerprint density at radius 3 is 2.52 bits per heavy atom. The van der Waals surface area contributed by atoms with Gasteiger partial charge < -0.3 is 15.0 Å². The number of rotatable bonds is 5. The molecule has 1 amide bonds. The molecule has 5 heteroatoms. The first kappa shape index (κ1) is 19.2. The van der Waals surface area contributed by atoms with Crippen LogP contribution in [0.5, 0.6) is 5.75 Å². The van der Waals surface area contributed by atoms with Gasteiger partial charge in [0.2, 0.25) is 0 Å². The highest BCUT2D eigenvalue weighted by atomic mass is 16.5. The molecule has 5 nitrogen and oxygen atoms in total. The molecular formula is C24H27N3O2. The summed E-state index contributed by atoms with van der Waals surface area (Å²) in [6.45, 7) is 3.76. The minimum absolute atomic E-state index is 0.00630. The molecule has 1 aliphatic rings. The van der Waals surface area contributed by atoms with Crippen LogP contribution >= 0.6 is 0 Å². The maximum Gasteiger partial charge on any atom is 0.272 e. The number of fused-ring (bicyclic) bond motifs is 1. The second-order valence-corrected chi connectivity index (χ2v) is 7.47. The van der Waals surface area contributed by atoms with E-state index in [1.807, 2.05) is 29.2 Å². The van der Waals surface area contributed by atoms with Crippen LogP contribution in [0.25, 0.3) is 10.9 Å². The molecule has 0 aliphatic carbocycles. The predicted octanol–water partition coefficient (Wildman–Crippen LogP) is 5.18. The lowest BCUT2D eigenvalue weighted by atomic mass is 10.1. The zero-order valence-corrected chi connectivity index (χ0v) is 17.1. The Bertz CT molecular complexity index is 1010. The highest BCUT2D eigenvalue weighted by molar-refractivity contribution is 6.01. The van der Waals surface area contributed by atoms with Crippen molar-refractivity contribution in [2.45, 2.75) is 32.6 Å². The molecule has 1 fully saturated rings. The number of anilines is 2. The van der Waals surface area contributed by atoms with Crippen molar-refractivity contribution in [2.24, 2.45) is 0 Å². The molecule has 1 aliphatic heterocycles. The van der Waals surface area contributed by atoms with E-state index in [0.29, 0.717) is 5.69 Å². The summed E-state index contributed by atoms with van der Waals surface area (Å²) in [6, 6.07) is 16.0. The number of benzene rings is 2. The molecule has 1 aromatic heterocycles. The molecule has 0 saturated carbocycles. The number of aromatic nitrogens is 1. The van der Waals surface area contributed by atoms with Gasteiger partial charge in [0, 0.05) is 24.2 Å². The SMILES string of the molecule is CCc1ccc(Nc2cc(C(=O)N3CCCCC3)nc3ccc(OC)cc23)cc1. The van der Waals surface area contributed by atoms with Gasteiger partial charge in [0.05, 0.1) is 18.3 Å². The number of hydrogen-bond acceptors (Lipinski definition) is 4. The summed E-state index contributed by atoms with van der Waals surface area (Å²) in [5.74, 6) is 0.769. The number of amides is 1. The van der Waals surface area contributed by atoms with E-state index in [9.17, 15) is 4.79 Å². The maximum absolute atomic E-state index is 13.1. The number of piperidine rings is 1. The topological polar surface area (TPSA) is 54.5 Å².